The summed E-state index contributed by atoms with van der Waals surface area (Å²) in [5.41, 5.74) is -0.0292. The number of aromatic nitrogens is 1. The van der Waals surface area contributed by atoms with Crippen molar-refractivity contribution in [2.75, 3.05) is 37.7 Å². The molecule has 2 aliphatic rings. The van der Waals surface area contributed by atoms with E-state index in [0.29, 0.717) is 43.9 Å². The molecule has 2 N–H and O–H groups in total. The second-order valence-electron chi connectivity index (χ2n) is 9.22. The van der Waals surface area contributed by atoms with Gasteiger partial charge in [-0.3, -0.25) is 4.79 Å². The molecule has 3 aromatic rings. The van der Waals surface area contributed by atoms with E-state index in [1.807, 2.05) is 29.3 Å². The number of carbonyl (C=O) groups is 1. The van der Waals surface area contributed by atoms with Crippen LogP contribution >= 0.6 is 0 Å². The number of hydrogen-bond donors (Lipinski definition) is 2. The van der Waals surface area contributed by atoms with Crippen molar-refractivity contribution in [1.29, 1.82) is 5.26 Å². The van der Waals surface area contributed by atoms with Gasteiger partial charge in [0.15, 0.2) is 0 Å². The smallest absolute Gasteiger partial charge is 0.396 e. The van der Waals surface area contributed by atoms with Gasteiger partial charge in [-0.15, -0.1) is 0 Å². The number of H-pyrrole nitrogens is 1. The number of aliphatic hydroxyl groups is 1. The number of likely N-dealkylation sites (tertiary alicyclic amines) is 1. The van der Waals surface area contributed by atoms with Crippen LogP contribution in [0.25, 0.3) is 10.9 Å². The van der Waals surface area contributed by atoms with Crippen LogP contribution < -0.4 is 4.90 Å². The van der Waals surface area contributed by atoms with Crippen molar-refractivity contribution in [3.05, 3.63) is 65.4 Å². The van der Waals surface area contributed by atoms with E-state index < -0.39 is 22.7 Å². The second kappa shape index (κ2) is 8.06. The Morgan fingerprint density at radius 2 is 2.03 bits per heavy atom. The van der Waals surface area contributed by atoms with Gasteiger partial charge in [-0.2, -0.15) is 18.4 Å². The number of piperidine rings is 1. The van der Waals surface area contributed by atoms with Crippen LogP contribution in [0.1, 0.15) is 27.9 Å². The number of carbonyl (C=O) groups excluding carboxylic acids is 1. The number of hydrogen-bond acceptors (Lipinski definition) is 4. The van der Waals surface area contributed by atoms with Crippen molar-refractivity contribution in [3.63, 3.8) is 0 Å². The number of fused-ring (bicyclic) bond motifs is 2. The Morgan fingerprint density at radius 1 is 1.21 bits per heavy atom. The number of aliphatic hydroxyl groups excluding tert-OH is 1. The van der Waals surface area contributed by atoms with E-state index in [1.165, 1.54) is 12.1 Å². The lowest BCUT2D eigenvalue weighted by Crippen LogP contribution is -2.49. The summed E-state index contributed by atoms with van der Waals surface area (Å²) in [7, 11) is 0. The van der Waals surface area contributed by atoms with Crippen LogP contribution in [0.4, 0.5) is 18.9 Å². The van der Waals surface area contributed by atoms with E-state index in [2.05, 4.69) is 4.98 Å². The summed E-state index contributed by atoms with van der Waals surface area (Å²) in [6, 6.07) is 12.8. The lowest BCUT2D eigenvalue weighted by molar-refractivity contribution is -0.137. The predicted octanol–water partition coefficient (Wildman–Crippen LogP) is 4.02. The SMILES string of the molecule is N#Cc1ccc(N2CC[C@@]3(CO)CN(C(=O)c4ccc5cc[nH]c5c4)C[C@H]3C2)cc1C(F)(F)F. The highest BCUT2D eigenvalue weighted by Crippen LogP contribution is 2.44. The molecule has 2 saturated heterocycles. The summed E-state index contributed by atoms with van der Waals surface area (Å²) in [4.78, 5) is 20.0. The molecule has 0 radical (unpaired) electrons. The molecule has 5 rings (SSSR count). The largest absolute Gasteiger partial charge is 0.417 e. The van der Waals surface area contributed by atoms with Gasteiger partial charge in [0.1, 0.15) is 0 Å². The molecule has 2 aliphatic heterocycles. The van der Waals surface area contributed by atoms with E-state index in [9.17, 15) is 23.1 Å². The quantitative estimate of drug-likeness (QED) is 0.608. The minimum Gasteiger partial charge on any atom is -0.396 e. The molecule has 0 saturated carbocycles. The summed E-state index contributed by atoms with van der Waals surface area (Å²) >= 11 is 0. The summed E-state index contributed by atoms with van der Waals surface area (Å²) in [6.45, 7) is 1.61. The first-order valence-electron chi connectivity index (χ1n) is 11.1. The molecule has 34 heavy (non-hydrogen) atoms. The number of rotatable bonds is 3. The number of amides is 1. The second-order valence-corrected chi connectivity index (χ2v) is 9.22. The summed E-state index contributed by atoms with van der Waals surface area (Å²) < 4.78 is 40.3. The fraction of sp³-hybridized carbons (Fsp3) is 0.360. The lowest BCUT2D eigenvalue weighted by atomic mass is 9.73. The van der Waals surface area contributed by atoms with Crippen LogP contribution in [0.5, 0.6) is 0 Å². The number of aromatic amines is 1. The monoisotopic (exact) mass is 468 g/mol. The molecular weight excluding hydrogens is 445 g/mol. The number of anilines is 1. The third-order valence-electron chi connectivity index (χ3n) is 7.33. The number of halogens is 3. The fourth-order valence-electron chi connectivity index (χ4n) is 5.35. The molecule has 9 heteroatoms. The van der Waals surface area contributed by atoms with E-state index in [0.717, 1.165) is 17.0 Å². The van der Waals surface area contributed by atoms with Crippen LogP contribution in [0.15, 0.2) is 48.7 Å². The normalized spacial score (nSPS) is 22.6. The summed E-state index contributed by atoms with van der Waals surface area (Å²) in [5, 5.41) is 20.3. The minimum absolute atomic E-state index is 0.0885. The zero-order valence-electron chi connectivity index (χ0n) is 18.3. The molecule has 0 spiro atoms. The molecule has 0 unspecified atom stereocenters. The highest BCUT2D eigenvalue weighted by molar-refractivity contribution is 5.98. The molecule has 1 aromatic heterocycles. The van der Waals surface area contributed by atoms with Gasteiger partial charge in [-0.05, 0) is 48.2 Å². The van der Waals surface area contributed by atoms with E-state index in [1.54, 1.807) is 17.0 Å². The maximum atomic E-state index is 13.4. The number of nitrogens with zero attached hydrogens (tertiary/aromatic N) is 3. The molecule has 2 fully saturated rings. The molecule has 3 heterocycles. The van der Waals surface area contributed by atoms with Crippen LogP contribution in [0, 0.1) is 22.7 Å². The van der Waals surface area contributed by atoms with Gasteiger partial charge >= 0.3 is 6.18 Å². The molecule has 2 atom stereocenters. The number of benzene rings is 2. The third-order valence-corrected chi connectivity index (χ3v) is 7.33. The Morgan fingerprint density at radius 3 is 2.76 bits per heavy atom. The number of alkyl halides is 3. The topological polar surface area (TPSA) is 83.4 Å². The van der Waals surface area contributed by atoms with Gasteiger partial charge in [0.25, 0.3) is 5.91 Å². The first-order valence-corrected chi connectivity index (χ1v) is 11.1. The first-order chi connectivity index (χ1) is 16.2. The van der Waals surface area contributed by atoms with E-state index >= 15 is 0 Å². The zero-order chi connectivity index (χ0) is 24.1. The molecule has 0 bridgehead atoms. The van der Waals surface area contributed by atoms with Crippen LogP contribution in [0.2, 0.25) is 0 Å². The van der Waals surface area contributed by atoms with Crippen LogP contribution in [-0.4, -0.2) is 53.7 Å². The molecule has 2 aromatic carbocycles. The van der Waals surface area contributed by atoms with Crippen molar-refractivity contribution in [2.45, 2.75) is 12.6 Å². The van der Waals surface area contributed by atoms with Crippen LogP contribution in [0.3, 0.4) is 0 Å². The van der Waals surface area contributed by atoms with Crippen molar-refractivity contribution >= 4 is 22.5 Å². The Balaban J connectivity index is 1.38. The van der Waals surface area contributed by atoms with Crippen molar-refractivity contribution in [3.8, 4) is 6.07 Å². The van der Waals surface area contributed by atoms with Crippen LogP contribution in [-0.2, 0) is 6.18 Å². The third kappa shape index (κ3) is 3.68. The Kier molecular flexibility index (Phi) is 5.29. The lowest BCUT2D eigenvalue weighted by Gasteiger charge is -2.43. The Hall–Kier alpha value is -3.51. The highest BCUT2D eigenvalue weighted by Gasteiger charge is 2.50. The highest BCUT2D eigenvalue weighted by atomic mass is 19.4. The Bertz CT molecular complexity index is 1300. The van der Waals surface area contributed by atoms with Gasteiger partial charge in [-0.1, -0.05) is 6.07 Å². The van der Waals surface area contributed by atoms with Gasteiger partial charge in [0.2, 0.25) is 0 Å². The molecular formula is C25H23F3N4O2. The number of nitriles is 1. The van der Waals surface area contributed by atoms with Crippen molar-refractivity contribution in [2.24, 2.45) is 11.3 Å². The number of nitrogens with one attached hydrogen (secondary N) is 1. The summed E-state index contributed by atoms with van der Waals surface area (Å²) in [5.74, 6) is -0.211. The van der Waals surface area contributed by atoms with Gasteiger partial charge in [0, 0.05) is 60.5 Å². The minimum atomic E-state index is -4.62. The molecule has 176 valence electrons. The van der Waals surface area contributed by atoms with Gasteiger partial charge < -0.3 is 19.9 Å². The molecule has 6 nitrogen and oxygen atoms in total. The molecule has 1 amide bonds. The predicted molar refractivity (Wildman–Crippen MR) is 120 cm³/mol. The van der Waals surface area contributed by atoms with E-state index in [4.69, 9.17) is 5.26 Å². The average Bonchev–Trinajstić information content (AvgIpc) is 3.46. The fourth-order valence-corrected chi connectivity index (χ4v) is 5.35. The summed E-state index contributed by atoms with van der Waals surface area (Å²) in [6.07, 6.45) is -2.26. The standard InChI is InChI=1S/C25H23F3N4O2/c26-25(27,28)21-10-20(4-3-18(21)11-29)31-8-6-24(15-33)14-32(13-19(24)12-31)23(34)17-2-1-16-5-7-30-22(16)9-17/h1-5,7,9-10,19,30,33H,6,8,12-15H2/t19-,24+/m1/s1. The maximum absolute atomic E-state index is 13.4. The van der Waals surface area contributed by atoms with Gasteiger partial charge in [-0.25, -0.2) is 0 Å². The average molecular weight is 468 g/mol. The molecule has 0 aliphatic carbocycles. The van der Waals surface area contributed by atoms with E-state index in [-0.39, 0.29) is 18.4 Å². The first kappa shape index (κ1) is 22.3. The maximum Gasteiger partial charge on any atom is 0.417 e. The zero-order valence-corrected chi connectivity index (χ0v) is 18.3. The van der Waals surface area contributed by atoms with Crippen molar-refractivity contribution in [1.82, 2.24) is 9.88 Å². The van der Waals surface area contributed by atoms with Crippen molar-refractivity contribution < 1.29 is 23.1 Å². The Labute approximate surface area is 194 Å². The van der Waals surface area contributed by atoms with Gasteiger partial charge in [0.05, 0.1) is 23.8 Å².